The van der Waals surface area contributed by atoms with Gasteiger partial charge in [-0.05, 0) is 39.0 Å². The van der Waals surface area contributed by atoms with E-state index in [9.17, 15) is 9.18 Å². The second-order valence-electron chi connectivity index (χ2n) is 7.29. The second kappa shape index (κ2) is 9.32. The Labute approximate surface area is 135 Å². The zero-order valence-electron chi connectivity index (χ0n) is 14.8. The predicted molar refractivity (Wildman–Crippen MR) is 89.5 cm³/mol. The maximum Gasteiger partial charge on any atom is 0.159 e. The first-order valence-corrected chi connectivity index (χ1v) is 8.83. The summed E-state index contributed by atoms with van der Waals surface area (Å²) in [6.07, 6.45) is 10.8. The molecule has 22 heavy (non-hydrogen) atoms. The van der Waals surface area contributed by atoms with Crippen LogP contribution in [0.15, 0.2) is 11.8 Å². The highest BCUT2D eigenvalue weighted by Crippen LogP contribution is 2.30. The third-order valence-electron chi connectivity index (χ3n) is 4.69. The molecule has 0 saturated heterocycles. The summed E-state index contributed by atoms with van der Waals surface area (Å²) in [4.78, 5) is 12.2. The van der Waals surface area contributed by atoms with Crippen LogP contribution < -0.4 is 0 Å². The van der Waals surface area contributed by atoms with Gasteiger partial charge in [0.15, 0.2) is 5.78 Å². The quantitative estimate of drug-likeness (QED) is 0.408. The van der Waals surface area contributed by atoms with E-state index in [4.69, 9.17) is 4.74 Å². The molecule has 0 spiro atoms. The van der Waals surface area contributed by atoms with Gasteiger partial charge in [0.05, 0.1) is 7.11 Å². The van der Waals surface area contributed by atoms with E-state index in [-0.39, 0.29) is 11.7 Å². The minimum absolute atomic E-state index is 0.0244. The second-order valence-corrected chi connectivity index (χ2v) is 7.29. The van der Waals surface area contributed by atoms with Crippen LogP contribution in [0.3, 0.4) is 0 Å². The molecule has 1 rings (SSSR count). The van der Waals surface area contributed by atoms with Gasteiger partial charge in [-0.15, -0.1) is 0 Å². The Morgan fingerprint density at radius 1 is 1.32 bits per heavy atom. The van der Waals surface area contributed by atoms with Crippen molar-refractivity contribution >= 4 is 5.78 Å². The van der Waals surface area contributed by atoms with Crippen LogP contribution in [0, 0.1) is 11.8 Å². The number of halogens is 1. The van der Waals surface area contributed by atoms with Crippen molar-refractivity contribution < 1.29 is 13.9 Å². The summed E-state index contributed by atoms with van der Waals surface area (Å²) >= 11 is 0. The Kier molecular flexibility index (Phi) is 8.13. The minimum atomic E-state index is -1.25. The zero-order chi connectivity index (χ0) is 16.6. The maximum atomic E-state index is 13.9. The number of hydrogen-bond acceptors (Lipinski definition) is 2. The molecule has 0 N–H and O–H groups in total. The van der Waals surface area contributed by atoms with Crippen LogP contribution in [0.25, 0.3) is 0 Å². The highest BCUT2D eigenvalue weighted by Gasteiger charge is 2.25. The predicted octanol–water partition coefficient (Wildman–Crippen LogP) is 5.61. The molecule has 0 bridgehead atoms. The molecule has 0 aliphatic heterocycles. The van der Waals surface area contributed by atoms with E-state index < -0.39 is 5.67 Å². The van der Waals surface area contributed by atoms with E-state index in [1.165, 1.54) is 32.1 Å². The van der Waals surface area contributed by atoms with Crippen LogP contribution in [0.5, 0.6) is 0 Å². The van der Waals surface area contributed by atoms with Gasteiger partial charge >= 0.3 is 0 Å². The Morgan fingerprint density at radius 3 is 2.45 bits per heavy atom. The first-order valence-electron chi connectivity index (χ1n) is 8.83. The molecule has 0 aromatic rings. The minimum Gasteiger partial charge on any atom is -0.501 e. The molecule has 2 nitrogen and oxygen atoms in total. The molecule has 1 atom stereocenters. The average Bonchev–Trinajstić information content (AvgIpc) is 2.48. The van der Waals surface area contributed by atoms with Gasteiger partial charge in [-0.3, -0.25) is 4.79 Å². The van der Waals surface area contributed by atoms with Crippen molar-refractivity contribution in [1.82, 2.24) is 0 Å². The fraction of sp³-hybridized carbons (Fsp3) is 0.842. The number of alkyl halides is 1. The van der Waals surface area contributed by atoms with E-state index in [1.54, 1.807) is 27.0 Å². The lowest BCUT2D eigenvalue weighted by Gasteiger charge is -2.24. The van der Waals surface area contributed by atoms with E-state index >= 15 is 0 Å². The van der Waals surface area contributed by atoms with Gasteiger partial charge in [0.1, 0.15) is 11.4 Å². The molecule has 128 valence electrons. The number of rotatable bonds is 9. The molecular formula is C19H33FO2. The van der Waals surface area contributed by atoms with Gasteiger partial charge in [0.2, 0.25) is 0 Å². The SMILES string of the molecule is CCC(CC(C)(C)F)/C(=C/C(=O)CCC1CCCCC1)OC. The van der Waals surface area contributed by atoms with Gasteiger partial charge < -0.3 is 4.74 Å². The fourth-order valence-electron chi connectivity index (χ4n) is 3.43. The monoisotopic (exact) mass is 312 g/mol. The van der Waals surface area contributed by atoms with Crippen LogP contribution in [0.1, 0.15) is 78.6 Å². The Hall–Kier alpha value is -0.860. The third-order valence-corrected chi connectivity index (χ3v) is 4.69. The highest BCUT2D eigenvalue weighted by molar-refractivity contribution is 5.90. The highest BCUT2D eigenvalue weighted by atomic mass is 19.1. The lowest BCUT2D eigenvalue weighted by atomic mass is 9.85. The van der Waals surface area contributed by atoms with E-state index in [0.717, 1.165) is 12.8 Å². The fourth-order valence-corrected chi connectivity index (χ4v) is 3.43. The third kappa shape index (κ3) is 7.42. The number of hydrogen-bond donors (Lipinski definition) is 0. The summed E-state index contributed by atoms with van der Waals surface area (Å²) in [5.74, 6) is 1.45. The van der Waals surface area contributed by atoms with Gasteiger partial charge in [0.25, 0.3) is 0 Å². The number of carbonyl (C=O) groups excluding carboxylic acids is 1. The summed E-state index contributed by atoms with van der Waals surface area (Å²) in [5, 5.41) is 0. The first kappa shape index (κ1) is 19.2. The van der Waals surface area contributed by atoms with E-state index in [0.29, 0.717) is 24.5 Å². The molecule has 1 aliphatic carbocycles. The normalized spacial score (nSPS) is 19.0. The van der Waals surface area contributed by atoms with E-state index in [2.05, 4.69) is 0 Å². The Bertz CT molecular complexity index is 362. The number of allylic oxidation sites excluding steroid dienone is 2. The summed E-state index contributed by atoms with van der Waals surface area (Å²) in [6, 6.07) is 0. The van der Waals surface area contributed by atoms with Gasteiger partial charge in [-0.1, -0.05) is 39.0 Å². The smallest absolute Gasteiger partial charge is 0.159 e. The van der Waals surface area contributed by atoms with Crippen molar-refractivity contribution in [2.45, 2.75) is 84.2 Å². The largest absolute Gasteiger partial charge is 0.501 e. The summed E-state index contributed by atoms with van der Waals surface area (Å²) in [5.41, 5.74) is -1.25. The number of methoxy groups -OCH3 is 1. The molecular weight excluding hydrogens is 279 g/mol. The molecule has 0 aromatic carbocycles. The van der Waals surface area contributed by atoms with Crippen molar-refractivity contribution in [1.29, 1.82) is 0 Å². The summed E-state index contributed by atoms with van der Waals surface area (Å²) in [6.45, 7) is 5.16. The molecule has 1 aliphatic rings. The van der Waals surface area contributed by atoms with Crippen LogP contribution in [0.4, 0.5) is 4.39 Å². The number of ether oxygens (including phenoxy) is 1. The van der Waals surface area contributed by atoms with Crippen LogP contribution in [-0.4, -0.2) is 18.6 Å². The van der Waals surface area contributed by atoms with Crippen molar-refractivity contribution in [3.05, 3.63) is 11.8 Å². The van der Waals surface area contributed by atoms with Gasteiger partial charge in [-0.25, -0.2) is 4.39 Å². The molecule has 0 heterocycles. The summed E-state index contributed by atoms with van der Waals surface area (Å²) in [7, 11) is 1.58. The molecule has 1 saturated carbocycles. The van der Waals surface area contributed by atoms with Crippen molar-refractivity contribution in [2.75, 3.05) is 7.11 Å². The lowest BCUT2D eigenvalue weighted by molar-refractivity contribution is -0.115. The van der Waals surface area contributed by atoms with Crippen molar-refractivity contribution in [3.8, 4) is 0 Å². The Balaban J connectivity index is 2.54. The Morgan fingerprint density at radius 2 is 1.95 bits per heavy atom. The molecule has 3 heteroatoms. The van der Waals surface area contributed by atoms with Crippen molar-refractivity contribution in [2.24, 2.45) is 11.8 Å². The zero-order valence-corrected chi connectivity index (χ0v) is 14.8. The van der Waals surface area contributed by atoms with Gasteiger partial charge in [-0.2, -0.15) is 0 Å². The van der Waals surface area contributed by atoms with Crippen LogP contribution >= 0.6 is 0 Å². The lowest BCUT2D eigenvalue weighted by Crippen LogP contribution is -2.20. The van der Waals surface area contributed by atoms with Crippen LogP contribution in [-0.2, 0) is 9.53 Å². The standard InChI is InChI=1S/C19H33FO2/c1-5-16(14-19(2,3)20)18(22-4)13-17(21)12-11-15-9-7-6-8-10-15/h13,15-16H,5-12,14H2,1-4H3/b18-13-. The van der Waals surface area contributed by atoms with Crippen molar-refractivity contribution in [3.63, 3.8) is 0 Å². The summed E-state index contributed by atoms with van der Waals surface area (Å²) < 4.78 is 19.3. The average molecular weight is 312 g/mol. The van der Waals surface area contributed by atoms with Crippen LogP contribution in [0.2, 0.25) is 0 Å². The molecule has 0 aromatic heterocycles. The molecule has 1 fully saturated rings. The maximum absolute atomic E-state index is 13.9. The van der Waals surface area contributed by atoms with Gasteiger partial charge in [0, 0.05) is 18.4 Å². The molecule has 1 unspecified atom stereocenters. The molecule has 0 amide bonds. The number of ketones is 1. The van der Waals surface area contributed by atoms with E-state index in [1.807, 2.05) is 6.92 Å². The molecule has 0 radical (unpaired) electrons. The first-order chi connectivity index (χ1) is 10.4. The number of carbonyl (C=O) groups is 1. The topological polar surface area (TPSA) is 26.3 Å².